The number of nitrogens with two attached hydrogens (primary N) is 1. The van der Waals surface area contributed by atoms with E-state index in [1.54, 1.807) is 42.7 Å². The van der Waals surface area contributed by atoms with Crippen LogP contribution in [0.3, 0.4) is 0 Å². The molecule has 5 nitrogen and oxygen atoms in total. The second-order valence-corrected chi connectivity index (χ2v) is 7.00. The molecule has 0 aliphatic heterocycles. The summed E-state index contributed by atoms with van der Waals surface area (Å²) in [7, 11) is -3.65. The van der Waals surface area contributed by atoms with E-state index in [1.807, 2.05) is 13.0 Å². The van der Waals surface area contributed by atoms with E-state index in [9.17, 15) is 8.42 Å². The van der Waals surface area contributed by atoms with Crippen molar-refractivity contribution in [1.29, 1.82) is 0 Å². The molecule has 2 heterocycles. The highest BCUT2D eigenvalue weighted by atomic mass is 32.2. The van der Waals surface area contributed by atoms with Crippen molar-refractivity contribution in [3.8, 4) is 0 Å². The summed E-state index contributed by atoms with van der Waals surface area (Å²) in [5.41, 5.74) is 8.62. The van der Waals surface area contributed by atoms with Crippen molar-refractivity contribution in [2.75, 3.05) is 6.54 Å². The number of benzene rings is 1. The summed E-state index contributed by atoms with van der Waals surface area (Å²) < 4.78 is 27.1. The Balaban J connectivity index is 2.25. The number of fused-ring (bicyclic) bond motifs is 1. The number of rotatable bonds is 4. The quantitative estimate of drug-likeness (QED) is 0.799. The number of hydrogen-bond acceptors (Lipinski definition) is 4. The Morgan fingerprint density at radius 2 is 2.05 bits per heavy atom. The summed E-state index contributed by atoms with van der Waals surface area (Å²) >= 11 is 0. The second kappa shape index (κ2) is 5.55. The lowest BCUT2D eigenvalue weighted by Gasteiger charge is -2.07. The van der Waals surface area contributed by atoms with Crippen molar-refractivity contribution in [2.24, 2.45) is 5.73 Å². The van der Waals surface area contributed by atoms with E-state index < -0.39 is 10.0 Å². The molecule has 0 saturated carbocycles. The zero-order chi connectivity index (χ0) is 15.7. The Kier molecular flexibility index (Phi) is 3.72. The molecular weight excluding hydrogens is 298 g/mol. The molecule has 0 aliphatic rings. The summed E-state index contributed by atoms with van der Waals surface area (Å²) in [6, 6.07) is 10.4. The fourth-order valence-corrected chi connectivity index (χ4v) is 4.01. The van der Waals surface area contributed by atoms with Gasteiger partial charge in [-0.15, -0.1) is 0 Å². The molecule has 0 bridgehead atoms. The van der Waals surface area contributed by atoms with E-state index in [-0.39, 0.29) is 4.90 Å². The summed E-state index contributed by atoms with van der Waals surface area (Å²) in [6.07, 6.45) is 3.87. The maximum absolute atomic E-state index is 12.9. The molecule has 0 saturated heterocycles. The van der Waals surface area contributed by atoms with Crippen LogP contribution in [0, 0.1) is 6.92 Å². The summed E-state index contributed by atoms with van der Waals surface area (Å²) in [6.45, 7) is 2.31. The molecule has 3 rings (SSSR count). The third-order valence-corrected chi connectivity index (χ3v) is 5.23. The summed E-state index contributed by atoms with van der Waals surface area (Å²) in [5, 5.41) is 0. The van der Waals surface area contributed by atoms with Crippen LogP contribution in [0.1, 0.15) is 11.1 Å². The van der Waals surface area contributed by atoms with Crippen LogP contribution in [0.4, 0.5) is 0 Å². The molecule has 0 fully saturated rings. The van der Waals surface area contributed by atoms with Crippen LogP contribution in [0.25, 0.3) is 11.0 Å². The first kappa shape index (κ1) is 14.7. The van der Waals surface area contributed by atoms with Crippen molar-refractivity contribution >= 4 is 21.1 Å². The SMILES string of the molecule is Cc1cccc(S(=O)(=O)n2cc(CCN)c3ncccc32)c1. The number of nitrogens with zero attached hydrogens (tertiary/aromatic N) is 2. The highest BCUT2D eigenvalue weighted by Gasteiger charge is 2.21. The highest BCUT2D eigenvalue weighted by Crippen LogP contribution is 2.25. The first-order valence-corrected chi connectivity index (χ1v) is 8.45. The monoisotopic (exact) mass is 315 g/mol. The van der Waals surface area contributed by atoms with Crippen LogP contribution >= 0.6 is 0 Å². The second-order valence-electron chi connectivity index (χ2n) is 5.18. The van der Waals surface area contributed by atoms with E-state index in [2.05, 4.69) is 4.98 Å². The third-order valence-electron chi connectivity index (χ3n) is 3.56. The molecule has 0 spiro atoms. The molecule has 2 N–H and O–H groups in total. The molecule has 2 aromatic heterocycles. The van der Waals surface area contributed by atoms with Gasteiger partial charge in [0, 0.05) is 12.4 Å². The minimum absolute atomic E-state index is 0.271. The molecule has 114 valence electrons. The molecule has 6 heteroatoms. The first-order chi connectivity index (χ1) is 10.5. The molecule has 0 aliphatic carbocycles. The van der Waals surface area contributed by atoms with Gasteiger partial charge in [-0.2, -0.15) is 0 Å². The van der Waals surface area contributed by atoms with Crippen LogP contribution in [0.15, 0.2) is 53.7 Å². The molecule has 22 heavy (non-hydrogen) atoms. The van der Waals surface area contributed by atoms with Gasteiger partial charge in [0.15, 0.2) is 0 Å². The molecule has 0 unspecified atom stereocenters. The zero-order valence-corrected chi connectivity index (χ0v) is 13.0. The van der Waals surface area contributed by atoms with E-state index in [1.165, 1.54) is 3.97 Å². The van der Waals surface area contributed by atoms with E-state index in [0.29, 0.717) is 24.0 Å². The van der Waals surface area contributed by atoms with Gasteiger partial charge >= 0.3 is 0 Å². The average Bonchev–Trinajstić information content (AvgIpc) is 2.88. The summed E-state index contributed by atoms with van der Waals surface area (Å²) in [5.74, 6) is 0. The Bertz CT molecular complexity index is 929. The Morgan fingerprint density at radius 3 is 2.77 bits per heavy atom. The highest BCUT2D eigenvalue weighted by molar-refractivity contribution is 7.90. The van der Waals surface area contributed by atoms with Crippen LogP contribution in [0.2, 0.25) is 0 Å². The fraction of sp³-hybridized carbons (Fsp3) is 0.188. The number of pyridine rings is 1. The van der Waals surface area contributed by atoms with Crippen molar-refractivity contribution in [2.45, 2.75) is 18.2 Å². The van der Waals surface area contributed by atoms with E-state index >= 15 is 0 Å². The van der Waals surface area contributed by atoms with Gasteiger partial charge in [-0.25, -0.2) is 12.4 Å². The topological polar surface area (TPSA) is 78.0 Å². The van der Waals surface area contributed by atoms with Crippen LogP contribution in [-0.4, -0.2) is 23.9 Å². The molecule has 3 aromatic rings. The van der Waals surface area contributed by atoms with Gasteiger partial charge in [0.25, 0.3) is 10.0 Å². The van der Waals surface area contributed by atoms with Crippen molar-refractivity contribution < 1.29 is 8.42 Å². The first-order valence-electron chi connectivity index (χ1n) is 7.01. The molecule has 0 atom stereocenters. The van der Waals surface area contributed by atoms with Gasteiger partial charge in [0.1, 0.15) is 0 Å². The van der Waals surface area contributed by atoms with Gasteiger partial charge < -0.3 is 5.73 Å². The predicted molar refractivity (Wildman–Crippen MR) is 86.3 cm³/mol. The molecule has 0 amide bonds. The van der Waals surface area contributed by atoms with Gasteiger partial charge in [0.05, 0.1) is 15.9 Å². The minimum Gasteiger partial charge on any atom is -0.330 e. The lowest BCUT2D eigenvalue weighted by Crippen LogP contribution is -2.12. The summed E-state index contributed by atoms with van der Waals surface area (Å²) in [4.78, 5) is 4.58. The zero-order valence-electron chi connectivity index (χ0n) is 12.2. The largest absolute Gasteiger partial charge is 0.330 e. The van der Waals surface area contributed by atoms with Gasteiger partial charge in [-0.3, -0.25) is 4.98 Å². The predicted octanol–water partition coefficient (Wildman–Crippen LogP) is 2.08. The van der Waals surface area contributed by atoms with Gasteiger partial charge in [-0.1, -0.05) is 12.1 Å². The van der Waals surface area contributed by atoms with Crippen LogP contribution < -0.4 is 5.73 Å². The normalized spacial score (nSPS) is 11.9. The maximum atomic E-state index is 12.9. The van der Waals surface area contributed by atoms with Crippen LogP contribution in [0.5, 0.6) is 0 Å². The van der Waals surface area contributed by atoms with Gasteiger partial charge in [-0.05, 0) is 55.3 Å². The Labute approximate surface area is 129 Å². The van der Waals surface area contributed by atoms with Crippen LogP contribution in [-0.2, 0) is 16.4 Å². The lowest BCUT2D eigenvalue weighted by atomic mass is 10.2. The van der Waals surface area contributed by atoms with Crippen molar-refractivity contribution in [3.63, 3.8) is 0 Å². The average molecular weight is 315 g/mol. The molecule has 1 aromatic carbocycles. The Hall–Kier alpha value is -2.18. The number of aryl methyl sites for hydroxylation is 1. The van der Waals surface area contributed by atoms with Gasteiger partial charge in [0.2, 0.25) is 0 Å². The number of aromatic nitrogens is 2. The van der Waals surface area contributed by atoms with Crippen molar-refractivity contribution in [3.05, 3.63) is 59.9 Å². The minimum atomic E-state index is -3.65. The molecule has 0 radical (unpaired) electrons. The third kappa shape index (κ3) is 2.40. The Morgan fingerprint density at radius 1 is 1.23 bits per heavy atom. The number of hydrogen-bond donors (Lipinski definition) is 1. The van der Waals surface area contributed by atoms with E-state index in [0.717, 1.165) is 11.1 Å². The fourth-order valence-electron chi connectivity index (χ4n) is 2.52. The lowest BCUT2D eigenvalue weighted by molar-refractivity contribution is 0.589. The standard InChI is InChI=1S/C16H17N3O2S/c1-12-4-2-5-14(10-12)22(20,21)19-11-13(7-8-17)16-15(19)6-3-9-18-16/h2-6,9-11H,7-8,17H2,1H3. The van der Waals surface area contributed by atoms with E-state index in [4.69, 9.17) is 5.73 Å². The maximum Gasteiger partial charge on any atom is 0.268 e. The molecular formula is C16H17N3O2S. The van der Waals surface area contributed by atoms with Crippen molar-refractivity contribution in [1.82, 2.24) is 8.96 Å². The smallest absolute Gasteiger partial charge is 0.268 e.